The minimum Gasteiger partial charge on any atom is -0.479 e. The summed E-state index contributed by atoms with van der Waals surface area (Å²) < 4.78 is 4.77. The molecule has 1 rings (SSSR count). The summed E-state index contributed by atoms with van der Waals surface area (Å²) >= 11 is 0. The lowest BCUT2D eigenvalue weighted by Gasteiger charge is -2.25. The number of carboxylic acids is 1. The molecule has 0 bridgehead atoms. The van der Waals surface area contributed by atoms with Crippen molar-refractivity contribution in [3.63, 3.8) is 0 Å². The second-order valence-corrected chi connectivity index (χ2v) is 5.02. The van der Waals surface area contributed by atoms with Gasteiger partial charge in [0, 0.05) is 12.8 Å². The molecule has 6 nitrogen and oxygen atoms in total. The first-order valence-corrected chi connectivity index (χ1v) is 6.19. The van der Waals surface area contributed by atoms with Crippen molar-refractivity contribution in [3.8, 4) is 0 Å². The van der Waals surface area contributed by atoms with E-state index in [-0.39, 0.29) is 12.5 Å². The number of benzene rings is 1. The molecular formula is C14H20N2O4. The summed E-state index contributed by atoms with van der Waals surface area (Å²) in [6.45, 7) is 3.44. The first kappa shape index (κ1) is 16.0. The van der Waals surface area contributed by atoms with Gasteiger partial charge in [-0.15, -0.1) is 0 Å². The van der Waals surface area contributed by atoms with Crippen molar-refractivity contribution >= 4 is 17.6 Å². The average Bonchev–Trinajstić information content (AvgIpc) is 2.39. The standard InChI is InChI=1S/C14H20N2O4/c1-14(2,9-4-6-10(15)7-5-9)13(19)16-8-11(20-3)12(17)18/h4-7,11H,8,15H2,1-3H3,(H,16,19)(H,17,18). The second kappa shape index (κ2) is 6.38. The van der Waals surface area contributed by atoms with Gasteiger partial charge in [0.25, 0.3) is 0 Å². The molecule has 4 N–H and O–H groups in total. The van der Waals surface area contributed by atoms with Gasteiger partial charge < -0.3 is 20.9 Å². The number of carbonyl (C=O) groups is 2. The molecule has 110 valence electrons. The number of nitrogen functional groups attached to an aromatic ring is 1. The van der Waals surface area contributed by atoms with Gasteiger partial charge in [0.1, 0.15) is 0 Å². The number of hydrogen-bond acceptors (Lipinski definition) is 4. The summed E-state index contributed by atoms with van der Waals surface area (Å²) in [5.41, 5.74) is 6.25. The molecule has 20 heavy (non-hydrogen) atoms. The summed E-state index contributed by atoms with van der Waals surface area (Å²) in [6.07, 6.45) is -1.05. The van der Waals surface area contributed by atoms with Crippen LogP contribution in [-0.4, -0.2) is 36.7 Å². The zero-order chi connectivity index (χ0) is 15.3. The summed E-state index contributed by atoms with van der Waals surface area (Å²) in [7, 11) is 1.29. The number of ether oxygens (including phenoxy) is 1. The summed E-state index contributed by atoms with van der Waals surface area (Å²) in [6, 6.07) is 7.00. The van der Waals surface area contributed by atoms with Crippen LogP contribution in [0.5, 0.6) is 0 Å². The van der Waals surface area contributed by atoms with Crippen molar-refractivity contribution in [2.45, 2.75) is 25.4 Å². The topological polar surface area (TPSA) is 102 Å². The fourth-order valence-corrected chi connectivity index (χ4v) is 1.71. The normalized spacial score (nSPS) is 12.8. The maximum absolute atomic E-state index is 12.2. The number of nitrogens with two attached hydrogens (primary N) is 1. The van der Waals surface area contributed by atoms with E-state index in [1.165, 1.54) is 7.11 Å². The number of rotatable bonds is 6. The average molecular weight is 280 g/mol. The molecule has 0 fully saturated rings. The van der Waals surface area contributed by atoms with E-state index in [9.17, 15) is 9.59 Å². The molecule has 1 amide bonds. The summed E-state index contributed by atoms with van der Waals surface area (Å²) in [5.74, 6) is -1.39. The SMILES string of the molecule is COC(CNC(=O)C(C)(C)c1ccc(N)cc1)C(=O)O. The van der Waals surface area contributed by atoms with Gasteiger partial charge in [-0.2, -0.15) is 0 Å². The maximum Gasteiger partial charge on any atom is 0.334 e. The number of anilines is 1. The molecule has 6 heteroatoms. The van der Waals surface area contributed by atoms with E-state index in [0.29, 0.717) is 5.69 Å². The monoisotopic (exact) mass is 280 g/mol. The third kappa shape index (κ3) is 3.71. The van der Waals surface area contributed by atoms with Crippen LogP contribution in [0.4, 0.5) is 5.69 Å². The smallest absolute Gasteiger partial charge is 0.334 e. The van der Waals surface area contributed by atoms with E-state index in [4.69, 9.17) is 15.6 Å². The first-order valence-electron chi connectivity index (χ1n) is 6.19. The van der Waals surface area contributed by atoms with E-state index < -0.39 is 17.5 Å². The number of aliphatic carboxylic acids is 1. The summed E-state index contributed by atoms with van der Waals surface area (Å²) in [4.78, 5) is 23.0. The number of hydrogen-bond donors (Lipinski definition) is 3. The van der Waals surface area contributed by atoms with Crippen LogP contribution >= 0.6 is 0 Å². The van der Waals surface area contributed by atoms with E-state index in [1.54, 1.807) is 38.1 Å². The van der Waals surface area contributed by atoms with Gasteiger partial charge in [0.15, 0.2) is 6.10 Å². The molecule has 0 aliphatic heterocycles. The van der Waals surface area contributed by atoms with E-state index in [2.05, 4.69) is 5.32 Å². The quantitative estimate of drug-likeness (QED) is 0.668. The molecular weight excluding hydrogens is 260 g/mol. The van der Waals surface area contributed by atoms with Crippen molar-refractivity contribution in [3.05, 3.63) is 29.8 Å². The van der Waals surface area contributed by atoms with Crippen molar-refractivity contribution in [1.29, 1.82) is 0 Å². The molecule has 1 unspecified atom stereocenters. The van der Waals surface area contributed by atoms with Gasteiger partial charge in [-0.05, 0) is 31.5 Å². The highest BCUT2D eigenvalue weighted by Crippen LogP contribution is 2.24. The molecule has 0 aliphatic carbocycles. The van der Waals surface area contributed by atoms with Gasteiger partial charge in [-0.3, -0.25) is 4.79 Å². The molecule has 1 aromatic carbocycles. The Kier molecular flexibility index (Phi) is 5.10. The lowest BCUT2D eigenvalue weighted by atomic mass is 9.83. The molecule has 0 aromatic heterocycles. The predicted octanol–water partition coefficient (Wildman–Crippen LogP) is 0.762. The molecule has 0 aliphatic rings. The number of carbonyl (C=O) groups excluding carboxylic acids is 1. The van der Waals surface area contributed by atoms with Gasteiger partial charge in [-0.25, -0.2) is 4.79 Å². The van der Waals surface area contributed by atoms with Gasteiger partial charge in [0.05, 0.1) is 12.0 Å². The van der Waals surface area contributed by atoms with Gasteiger partial charge >= 0.3 is 5.97 Å². The molecule has 0 spiro atoms. The molecule has 0 saturated heterocycles. The Morgan fingerprint density at radius 2 is 1.90 bits per heavy atom. The van der Waals surface area contributed by atoms with Crippen LogP contribution in [0.3, 0.4) is 0 Å². The fraction of sp³-hybridized carbons (Fsp3) is 0.429. The van der Waals surface area contributed by atoms with Crippen LogP contribution in [0.1, 0.15) is 19.4 Å². The van der Waals surface area contributed by atoms with Crippen molar-refractivity contribution in [2.24, 2.45) is 0 Å². The number of carboxylic acid groups (broad SMARTS) is 1. The Labute approximate surface area is 117 Å². The minimum atomic E-state index is -1.11. The molecule has 0 heterocycles. The maximum atomic E-state index is 12.2. The lowest BCUT2D eigenvalue weighted by Crippen LogP contribution is -2.45. The van der Waals surface area contributed by atoms with Gasteiger partial charge in [0.2, 0.25) is 5.91 Å². The van der Waals surface area contributed by atoms with Crippen molar-refractivity contribution < 1.29 is 19.4 Å². The Hall–Kier alpha value is -2.08. The predicted molar refractivity (Wildman–Crippen MR) is 75.3 cm³/mol. The van der Waals surface area contributed by atoms with Crippen LogP contribution in [0, 0.1) is 0 Å². The molecule has 1 atom stereocenters. The Bertz CT molecular complexity index is 482. The Morgan fingerprint density at radius 1 is 1.35 bits per heavy atom. The highest BCUT2D eigenvalue weighted by atomic mass is 16.5. The lowest BCUT2D eigenvalue weighted by molar-refractivity contribution is -0.148. The zero-order valence-corrected chi connectivity index (χ0v) is 11.8. The number of nitrogens with one attached hydrogen (secondary N) is 1. The number of amides is 1. The third-order valence-corrected chi connectivity index (χ3v) is 3.21. The van der Waals surface area contributed by atoms with Crippen LogP contribution in [-0.2, 0) is 19.7 Å². The third-order valence-electron chi connectivity index (χ3n) is 3.21. The van der Waals surface area contributed by atoms with Crippen molar-refractivity contribution in [1.82, 2.24) is 5.32 Å². The highest BCUT2D eigenvalue weighted by Gasteiger charge is 2.30. The molecule has 0 saturated carbocycles. The van der Waals surface area contributed by atoms with E-state index in [0.717, 1.165) is 5.56 Å². The fourth-order valence-electron chi connectivity index (χ4n) is 1.71. The van der Waals surface area contributed by atoms with Crippen LogP contribution in [0.25, 0.3) is 0 Å². The molecule has 1 aromatic rings. The van der Waals surface area contributed by atoms with Crippen molar-refractivity contribution in [2.75, 3.05) is 19.4 Å². The number of methoxy groups -OCH3 is 1. The highest BCUT2D eigenvalue weighted by molar-refractivity contribution is 5.88. The zero-order valence-electron chi connectivity index (χ0n) is 11.8. The summed E-state index contributed by atoms with van der Waals surface area (Å²) in [5, 5.41) is 11.4. The molecule has 0 radical (unpaired) electrons. The van der Waals surface area contributed by atoms with E-state index in [1.807, 2.05) is 0 Å². The van der Waals surface area contributed by atoms with Crippen LogP contribution < -0.4 is 11.1 Å². The largest absolute Gasteiger partial charge is 0.479 e. The second-order valence-electron chi connectivity index (χ2n) is 5.02. The van der Waals surface area contributed by atoms with Gasteiger partial charge in [-0.1, -0.05) is 12.1 Å². The van der Waals surface area contributed by atoms with Crippen LogP contribution in [0.15, 0.2) is 24.3 Å². The first-order chi connectivity index (χ1) is 9.28. The van der Waals surface area contributed by atoms with E-state index >= 15 is 0 Å². The van der Waals surface area contributed by atoms with Crippen LogP contribution in [0.2, 0.25) is 0 Å². The minimum absolute atomic E-state index is 0.0803. The Morgan fingerprint density at radius 3 is 2.35 bits per heavy atom. The Balaban J connectivity index is 2.74.